The molecule has 28 heavy (non-hydrogen) atoms. The Morgan fingerprint density at radius 2 is 1.75 bits per heavy atom. The molecule has 148 valence electrons. The molecule has 2 aromatic rings. The van der Waals surface area contributed by atoms with Crippen molar-refractivity contribution >= 4 is 17.7 Å². The molecular formula is C21H22O6S. The zero-order chi connectivity index (χ0) is 19.5. The molecule has 0 aromatic heterocycles. The fourth-order valence-electron chi connectivity index (χ4n) is 3.39. The fourth-order valence-corrected chi connectivity index (χ4v) is 4.52. The van der Waals surface area contributed by atoms with Crippen LogP contribution in [0.15, 0.2) is 65.6 Å². The number of esters is 1. The number of carbonyl (C=O) groups excluding carboxylic acids is 1. The van der Waals surface area contributed by atoms with Crippen LogP contribution in [-0.2, 0) is 23.7 Å². The van der Waals surface area contributed by atoms with E-state index in [1.54, 1.807) is 0 Å². The molecule has 2 aliphatic rings. The van der Waals surface area contributed by atoms with Gasteiger partial charge in [0.1, 0.15) is 23.7 Å². The maximum atomic E-state index is 11.6. The zero-order valence-electron chi connectivity index (χ0n) is 15.3. The Bertz CT molecular complexity index is 786. The SMILES string of the molecule is CC(=O)OC1[C@@H](Sc2ccccc2)OC2COC(c3ccccc3)O[C@H]2[C@@H]1O. The Morgan fingerprint density at radius 1 is 1.07 bits per heavy atom. The lowest BCUT2D eigenvalue weighted by Crippen LogP contribution is -2.61. The van der Waals surface area contributed by atoms with Crippen LogP contribution in [0.1, 0.15) is 18.8 Å². The second-order valence-corrected chi connectivity index (χ2v) is 7.89. The number of hydrogen-bond acceptors (Lipinski definition) is 7. The van der Waals surface area contributed by atoms with Crippen molar-refractivity contribution in [3.8, 4) is 0 Å². The summed E-state index contributed by atoms with van der Waals surface area (Å²) in [5.74, 6) is -0.476. The minimum absolute atomic E-state index is 0.278. The van der Waals surface area contributed by atoms with E-state index in [9.17, 15) is 9.90 Å². The van der Waals surface area contributed by atoms with Gasteiger partial charge in [-0.3, -0.25) is 4.79 Å². The number of rotatable bonds is 4. The first-order valence-electron chi connectivity index (χ1n) is 9.16. The molecular weight excluding hydrogens is 380 g/mol. The monoisotopic (exact) mass is 402 g/mol. The van der Waals surface area contributed by atoms with E-state index in [2.05, 4.69) is 0 Å². The van der Waals surface area contributed by atoms with Gasteiger partial charge < -0.3 is 24.1 Å². The molecule has 0 amide bonds. The van der Waals surface area contributed by atoms with Crippen molar-refractivity contribution in [2.24, 2.45) is 0 Å². The number of fused-ring (bicyclic) bond motifs is 1. The summed E-state index contributed by atoms with van der Waals surface area (Å²) in [6.07, 6.45) is -3.59. The normalized spacial score (nSPS) is 32.4. The van der Waals surface area contributed by atoms with Gasteiger partial charge in [-0.25, -0.2) is 0 Å². The predicted molar refractivity (Wildman–Crippen MR) is 103 cm³/mol. The van der Waals surface area contributed by atoms with Gasteiger partial charge in [-0.05, 0) is 12.1 Å². The number of carbonyl (C=O) groups is 1. The van der Waals surface area contributed by atoms with Crippen LogP contribution in [0.2, 0.25) is 0 Å². The molecule has 0 spiro atoms. The van der Waals surface area contributed by atoms with Crippen molar-refractivity contribution in [2.75, 3.05) is 6.61 Å². The summed E-state index contributed by atoms with van der Waals surface area (Å²) in [6.45, 7) is 1.60. The largest absolute Gasteiger partial charge is 0.456 e. The average molecular weight is 402 g/mol. The lowest BCUT2D eigenvalue weighted by Gasteiger charge is -2.47. The predicted octanol–water partition coefficient (Wildman–Crippen LogP) is 2.91. The third-order valence-electron chi connectivity index (χ3n) is 4.68. The summed E-state index contributed by atoms with van der Waals surface area (Å²) in [7, 11) is 0. The minimum atomic E-state index is -1.03. The summed E-state index contributed by atoms with van der Waals surface area (Å²) in [5, 5.41) is 11.0. The van der Waals surface area contributed by atoms with Gasteiger partial charge in [-0.2, -0.15) is 0 Å². The van der Waals surface area contributed by atoms with Crippen LogP contribution in [0.4, 0.5) is 0 Å². The summed E-state index contributed by atoms with van der Waals surface area (Å²) in [4.78, 5) is 12.6. The average Bonchev–Trinajstić information content (AvgIpc) is 2.72. The van der Waals surface area contributed by atoms with Crippen LogP contribution in [0.25, 0.3) is 0 Å². The molecule has 7 heteroatoms. The maximum Gasteiger partial charge on any atom is 0.303 e. The van der Waals surface area contributed by atoms with Gasteiger partial charge in [0.25, 0.3) is 0 Å². The smallest absolute Gasteiger partial charge is 0.303 e. The van der Waals surface area contributed by atoms with Crippen molar-refractivity contribution in [1.29, 1.82) is 0 Å². The summed E-state index contributed by atoms with van der Waals surface area (Å²) in [5.41, 5.74) is 0.293. The fraction of sp³-hybridized carbons (Fsp3) is 0.381. The van der Waals surface area contributed by atoms with Gasteiger partial charge in [-0.15, -0.1) is 0 Å². The second kappa shape index (κ2) is 8.63. The van der Waals surface area contributed by atoms with Crippen LogP contribution in [0.3, 0.4) is 0 Å². The topological polar surface area (TPSA) is 74.2 Å². The molecule has 2 fully saturated rings. The Labute approximate surface area is 167 Å². The first-order chi connectivity index (χ1) is 13.6. The lowest BCUT2D eigenvalue weighted by atomic mass is 9.98. The van der Waals surface area contributed by atoms with Gasteiger partial charge in [0, 0.05) is 17.4 Å². The molecule has 2 aromatic carbocycles. The van der Waals surface area contributed by atoms with E-state index >= 15 is 0 Å². The number of ether oxygens (including phenoxy) is 4. The van der Waals surface area contributed by atoms with Crippen LogP contribution >= 0.6 is 11.8 Å². The van der Waals surface area contributed by atoms with E-state index in [-0.39, 0.29) is 6.61 Å². The van der Waals surface area contributed by atoms with Crippen molar-refractivity contribution < 1.29 is 28.8 Å². The molecule has 4 rings (SSSR count). The second-order valence-electron chi connectivity index (χ2n) is 6.72. The zero-order valence-corrected chi connectivity index (χ0v) is 16.2. The lowest BCUT2D eigenvalue weighted by molar-refractivity contribution is -0.319. The van der Waals surface area contributed by atoms with E-state index in [1.807, 2.05) is 60.7 Å². The number of thioether (sulfide) groups is 1. The summed E-state index contributed by atoms with van der Waals surface area (Å²) >= 11 is 1.40. The highest BCUT2D eigenvalue weighted by Gasteiger charge is 2.51. The van der Waals surface area contributed by atoms with Gasteiger partial charge in [0.05, 0.1) is 6.61 Å². The Kier molecular flexibility index (Phi) is 5.99. The van der Waals surface area contributed by atoms with E-state index in [1.165, 1.54) is 18.7 Å². The van der Waals surface area contributed by atoms with E-state index in [0.717, 1.165) is 10.5 Å². The molecule has 6 atom stereocenters. The van der Waals surface area contributed by atoms with Gasteiger partial charge in [0.15, 0.2) is 12.4 Å². The Balaban J connectivity index is 1.53. The Morgan fingerprint density at radius 3 is 2.43 bits per heavy atom. The molecule has 6 nitrogen and oxygen atoms in total. The van der Waals surface area contributed by atoms with Gasteiger partial charge in [0.2, 0.25) is 0 Å². The maximum absolute atomic E-state index is 11.6. The molecule has 0 aliphatic carbocycles. The van der Waals surface area contributed by atoms with E-state index in [4.69, 9.17) is 18.9 Å². The van der Waals surface area contributed by atoms with Crippen molar-refractivity contribution in [2.45, 2.75) is 48.0 Å². The van der Waals surface area contributed by atoms with Crippen LogP contribution in [0, 0.1) is 0 Å². The van der Waals surface area contributed by atoms with Crippen LogP contribution in [-0.4, -0.2) is 47.5 Å². The summed E-state index contributed by atoms with van der Waals surface area (Å²) in [6, 6.07) is 19.2. The number of hydrogen-bond donors (Lipinski definition) is 1. The third kappa shape index (κ3) is 4.24. The van der Waals surface area contributed by atoms with Crippen molar-refractivity contribution in [3.63, 3.8) is 0 Å². The Hall–Kier alpha value is -1.90. The third-order valence-corrected chi connectivity index (χ3v) is 5.83. The molecule has 3 unspecified atom stereocenters. The van der Waals surface area contributed by atoms with Crippen LogP contribution in [0.5, 0.6) is 0 Å². The molecule has 0 saturated carbocycles. The van der Waals surface area contributed by atoms with Gasteiger partial charge in [-0.1, -0.05) is 60.3 Å². The summed E-state index contributed by atoms with van der Waals surface area (Å²) < 4.78 is 23.4. The minimum Gasteiger partial charge on any atom is -0.456 e. The number of aliphatic hydroxyl groups is 1. The van der Waals surface area contributed by atoms with Gasteiger partial charge >= 0.3 is 5.97 Å². The highest BCUT2D eigenvalue weighted by atomic mass is 32.2. The quantitative estimate of drug-likeness (QED) is 0.788. The molecule has 0 radical (unpaired) electrons. The standard InChI is InChI=1S/C21H22O6S/c1-13(22)25-19-17(23)18-16(26-21(19)28-15-10-6-3-7-11-15)12-24-20(27-18)14-8-4-2-5-9-14/h2-11,16-21,23H,12H2,1H3/t16?,17-,18+,19?,20?,21+/m0/s1. The van der Waals surface area contributed by atoms with E-state index in [0.29, 0.717) is 0 Å². The molecule has 2 heterocycles. The van der Waals surface area contributed by atoms with Crippen molar-refractivity contribution in [3.05, 3.63) is 66.2 Å². The van der Waals surface area contributed by atoms with Crippen molar-refractivity contribution in [1.82, 2.24) is 0 Å². The van der Waals surface area contributed by atoms with E-state index < -0.39 is 42.1 Å². The molecule has 2 saturated heterocycles. The highest BCUT2D eigenvalue weighted by Crippen LogP contribution is 2.39. The highest BCUT2D eigenvalue weighted by molar-refractivity contribution is 7.99. The molecule has 0 bridgehead atoms. The number of benzene rings is 2. The molecule has 1 N–H and O–H groups in total. The first-order valence-corrected chi connectivity index (χ1v) is 10.0. The van der Waals surface area contributed by atoms with Crippen LogP contribution < -0.4 is 0 Å². The number of aliphatic hydroxyl groups excluding tert-OH is 1. The molecule has 2 aliphatic heterocycles. The first kappa shape index (κ1) is 19.4.